The average Bonchev–Trinajstić information content (AvgIpc) is 2.30. The van der Waals surface area contributed by atoms with Crippen molar-refractivity contribution in [3.8, 4) is 11.1 Å². The van der Waals surface area contributed by atoms with E-state index in [-0.39, 0.29) is 0 Å². The topological polar surface area (TPSA) is 12.9 Å². The van der Waals surface area contributed by atoms with Crippen LogP contribution in [0.4, 0.5) is 0 Å². The lowest BCUT2D eigenvalue weighted by Gasteiger charge is -2.03. The Labute approximate surface area is 94.7 Å². The smallest absolute Gasteiger partial charge is 0.0563 e. The van der Waals surface area contributed by atoms with Crippen molar-refractivity contribution in [3.63, 3.8) is 0 Å². The Bertz CT molecular complexity index is 448. The molecular weight excluding hydrogens is 206 g/mol. The van der Waals surface area contributed by atoms with Crippen LogP contribution in [-0.2, 0) is 6.42 Å². The van der Waals surface area contributed by atoms with Gasteiger partial charge in [0.2, 0.25) is 0 Å². The molecule has 15 heavy (non-hydrogen) atoms. The number of hydrogen-bond acceptors (Lipinski definition) is 1. The molecule has 0 unspecified atom stereocenters. The summed E-state index contributed by atoms with van der Waals surface area (Å²) in [7, 11) is 0. The Balaban J connectivity index is 2.42. The molecule has 1 nitrogen and oxygen atoms in total. The number of halogens is 1. The maximum atomic E-state index is 6.05. The average molecular weight is 217 g/mol. The first-order valence-electron chi connectivity index (χ1n) is 4.92. The van der Waals surface area contributed by atoms with Crippen molar-refractivity contribution in [2.75, 3.05) is 0 Å². The zero-order valence-electron chi connectivity index (χ0n) is 8.50. The SMILES string of the molecule is CCc1ccc(-c2ccc[c]c2Cl)cn1. The third kappa shape index (κ3) is 2.18. The van der Waals surface area contributed by atoms with E-state index < -0.39 is 0 Å². The number of rotatable bonds is 2. The van der Waals surface area contributed by atoms with Gasteiger partial charge in [-0.25, -0.2) is 0 Å². The molecule has 1 aromatic heterocycles. The van der Waals surface area contributed by atoms with Gasteiger partial charge >= 0.3 is 0 Å². The molecule has 2 heteroatoms. The number of nitrogens with zero attached hydrogens (tertiary/aromatic N) is 1. The predicted octanol–water partition coefficient (Wildman–Crippen LogP) is 3.76. The van der Waals surface area contributed by atoms with Crippen molar-refractivity contribution < 1.29 is 0 Å². The van der Waals surface area contributed by atoms with Crippen molar-refractivity contribution in [1.29, 1.82) is 0 Å². The first-order valence-corrected chi connectivity index (χ1v) is 5.30. The summed E-state index contributed by atoms with van der Waals surface area (Å²) in [6.45, 7) is 2.09. The standard InChI is InChI=1S/C13H11ClN/c1-2-11-8-7-10(9-15-11)12-5-3-4-6-13(12)14/h3-5,7-9H,2H2,1H3. The van der Waals surface area contributed by atoms with Crippen LogP contribution in [-0.4, -0.2) is 4.98 Å². The number of benzene rings is 1. The van der Waals surface area contributed by atoms with Gasteiger partial charge in [0.05, 0.1) is 5.02 Å². The van der Waals surface area contributed by atoms with E-state index in [0.29, 0.717) is 5.02 Å². The molecule has 1 heterocycles. The van der Waals surface area contributed by atoms with Crippen LogP contribution < -0.4 is 0 Å². The molecule has 0 bridgehead atoms. The monoisotopic (exact) mass is 216 g/mol. The molecule has 0 spiro atoms. The van der Waals surface area contributed by atoms with E-state index in [4.69, 9.17) is 11.6 Å². The second kappa shape index (κ2) is 4.45. The molecule has 2 aromatic rings. The van der Waals surface area contributed by atoms with Crippen molar-refractivity contribution in [1.82, 2.24) is 4.98 Å². The molecule has 75 valence electrons. The minimum Gasteiger partial charge on any atom is -0.261 e. The Morgan fingerprint density at radius 3 is 2.80 bits per heavy atom. The third-order valence-electron chi connectivity index (χ3n) is 2.30. The fourth-order valence-electron chi connectivity index (χ4n) is 1.43. The highest BCUT2D eigenvalue weighted by atomic mass is 35.5. The van der Waals surface area contributed by atoms with Crippen LogP contribution in [0, 0.1) is 6.07 Å². The fraction of sp³-hybridized carbons (Fsp3) is 0.154. The van der Waals surface area contributed by atoms with Crippen LogP contribution in [0.15, 0.2) is 36.5 Å². The maximum Gasteiger partial charge on any atom is 0.0563 e. The fourth-order valence-corrected chi connectivity index (χ4v) is 1.67. The van der Waals surface area contributed by atoms with Crippen LogP contribution >= 0.6 is 11.6 Å². The normalized spacial score (nSPS) is 10.3. The van der Waals surface area contributed by atoms with Crippen molar-refractivity contribution in [2.24, 2.45) is 0 Å². The van der Waals surface area contributed by atoms with Gasteiger partial charge in [0, 0.05) is 29.1 Å². The van der Waals surface area contributed by atoms with Gasteiger partial charge in [0.15, 0.2) is 0 Å². The van der Waals surface area contributed by atoms with E-state index in [1.54, 1.807) is 6.07 Å². The lowest BCUT2D eigenvalue weighted by molar-refractivity contribution is 1.04. The van der Waals surface area contributed by atoms with Gasteiger partial charge in [0.25, 0.3) is 0 Å². The van der Waals surface area contributed by atoms with Crippen LogP contribution in [0.25, 0.3) is 11.1 Å². The highest BCUT2D eigenvalue weighted by Gasteiger charge is 2.02. The second-order valence-electron chi connectivity index (χ2n) is 3.29. The minimum atomic E-state index is 0.642. The quantitative estimate of drug-likeness (QED) is 0.745. The molecule has 0 aliphatic rings. The molecular formula is C13H11ClN. The van der Waals surface area contributed by atoms with Gasteiger partial charge in [-0.3, -0.25) is 4.98 Å². The summed E-state index contributed by atoms with van der Waals surface area (Å²) in [4.78, 5) is 4.34. The molecule has 0 N–H and O–H groups in total. The highest BCUT2D eigenvalue weighted by Crippen LogP contribution is 2.26. The number of aryl methyl sites for hydroxylation is 1. The van der Waals surface area contributed by atoms with Gasteiger partial charge in [-0.1, -0.05) is 42.8 Å². The number of aromatic nitrogens is 1. The van der Waals surface area contributed by atoms with E-state index in [1.165, 1.54) is 0 Å². The summed E-state index contributed by atoms with van der Waals surface area (Å²) >= 11 is 6.05. The molecule has 0 saturated heterocycles. The molecule has 1 aromatic carbocycles. The van der Waals surface area contributed by atoms with Crippen LogP contribution in [0.1, 0.15) is 12.6 Å². The Hall–Kier alpha value is -1.34. The second-order valence-corrected chi connectivity index (χ2v) is 3.67. The zero-order valence-corrected chi connectivity index (χ0v) is 9.25. The predicted molar refractivity (Wildman–Crippen MR) is 62.9 cm³/mol. The molecule has 0 aliphatic heterocycles. The highest BCUT2D eigenvalue weighted by molar-refractivity contribution is 6.33. The summed E-state index contributed by atoms with van der Waals surface area (Å²) in [5, 5.41) is 0.642. The molecule has 0 fully saturated rings. The van der Waals surface area contributed by atoms with E-state index in [1.807, 2.05) is 30.5 Å². The van der Waals surface area contributed by atoms with Gasteiger partial charge in [-0.2, -0.15) is 0 Å². The van der Waals surface area contributed by atoms with E-state index in [2.05, 4.69) is 18.0 Å². The molecule has 0 amide bonds. The van der Waals surface area contributed by atoms with Crippen molar-refractivity contribution >= 4 is 11.6 Å². The summed E-state index contributed by atoms with van der Waals surface area (Å²) in [5.41, 5.74) is 3.11. The maximum absolute atomic E-state index is 6.05. The van der Waals surface area contributed by atoms with E-state index >= 15 is 0 Å². The summed E-state index contributed by atoms with van der Waals surface area (Å²) in [5.74, 6) is 0. The first kappa shape index (κ1) is 10.2. The molecule has 0 aliphatic carbocycles. The van der Waals surface area contributed by atoms with Crippen molar-refractivity contribution in [2.45, 2.75) is 13.3 Å². The summed E-state index contributed by atoms with van der Waals surface area (Å²) < 4.78 is 0. The summed E-state index contributed by atoms with van der Waals surface area (Å²) in [6, 6.07) is 12.7. The summed E-state index contributed by atoms with van der Waals surface area (Å²) in [6.07, 6.45) is 2.81. The van der Waals surface area contributed by atoms with Gasteiger partial charge in [-0.05, 0) is 12.5 Å². The van der Waals surface area contributed by atoms with Gasteiger partial charge in [0.1, 0.15) is 0 Å². The Kier molecular flexibility index (Phi) is 3.02. The molecule has 1 radical (unpaired) electrons. The minimum absolute atomic E-state index is 0.642. The van der Waals surface area contributed by atoms with Gasteiger partial charge in [-0.15, -0.1) is 0 Å². The largest absolute Gasteiger partial charge is 0.261 e. The number of hydrogen-bond donors (Lipinski definition) is 0. The molecule has 0 saturated carbocycles. The molecule has 2 rings (SSSR count). The van der Waals surface area contributed by atoms with Crippen LogP contribution in [0.5, 0.6) is 0 Å². The van der Waals surface area contributed by atoms with Gasteiger partial charge < -0.3 is 0 Å². The zero-order chi connectivity index (χ0) is 10.7. The van der Waals surface area contributed by atoms with Crippen molar-refractivity contribution in [3.05, 3.63) is 53.3 Å². The van der Waals surface area contributed by atoms with Crippen LogP contribution in [0.2, 0.25) is 5.02 Å². The lowest BCUT2D eigenvalue weighted by Crippen LogP contribution is -1.87. The Morgan fingerprint density at radius 1 is 1.33 bits per heavy atom. The van der Waals surface area contributed by atoms with E-state index in [0.717, 1.165) is 23.2 Å². The number of pyridine rings is 1. The molecule has 0 atom stereocenters. The Morgan fingerprint density at radius 2 is 2.20 bits per heavy atom. The third-order valence-corrected chi connectivity index (χ3v) is 2.62. The first-order chi connectivity index (χ1) is 7.31. The van der Waals surface area contributed by atoms with E-state index in [9.17, 15) is 0 Å². The van der Waals surface area contributed by atoms with Crippen LogP contribution in [0.3, 0.4) is 0 Å². The lowest BCUT2D eigenvalue weighted by atomic mass is 10.1.